The van der Waals surface area contributed by atoms with E-state index in [1.165, 1.54) is 0 Å². The van der Waals surface area contributed by atoms with Gasteiger partial charge < -0.3 is 13.5 Å². The average molecular weight is 328 g/mol. The third kappa shape index (κ3) is 3.24. The second-order valence-corrected chi connectivity index (χ2v) is 6.03. The van der Waals surface area contributed by atoms with Gasteiger partial charge in [-0.2, -0.15) is 4.98 Å². The average Bonchev–Trinajstić information content (AvgIpc) is 3.32. The molecule has 3 aromatic rings. The molecule has 8 nitrogen and oxygen atoms in total. The Morgan fingerprint density at radius 2 is 1.92 bits per heavy atom. The highest BCUT2D eigenvalue weighted by Gasteiger charge is 2.20. The van der Waals surface area contributed by atoms with Crippen molar-refractivity contribution in [3.8, 4) is 11.4 Å². The van der Waals surface area contributed by atoms with E-state index in [0.29, 0.717) is 18.3 Å². The van der Waals surface area contributed by atoms with E-state index in [1.807, 2.05) is 25.5 Å². The van der Waals surface area contributed by atoms with Crippen LogP contribution in [0, 0.1) is 0 Å². The molecule has 0 atom stereocenters. The Hall–Kier alpha value is -2.45. The van der Waals surface area contributed by atoms with Crippen LogP contribution in [0.15, 0.2) is 39.9 Å². The lowest BCUT2D eigenvalue weighted by molar-refractivity contribution is 0.109. The van der Waals surface area contributed by atoms with E-state index in [1.54, 1.807) is 12.5 Å². The summed E-state index contributed by atoms with van der Waals surface area (Å²) < 4.78 is 12.5. The summed E-state index contributed by atoms with van der Waals surface area (Å²) in [5, 5.41) is 4.00. The number of hydrogen-bond acceptors (Lipinski definition) is 7. The topological polar surface area (TPSA) is 76.4 Å². The molecule has 0 N–H and O–H groups in total. The fraction of sp³-hybridized carbons (Fsp3) is 0.438. The summed E-state index contributed by atoms with van der Waals surface area (Å²) in [5.41, 5.74) is 0.838. The Bertz CT molecular complexity index is 770. The highest BCUT2D eigenvalue weighted by Crippen LogP contribution is 2.17. The molecule has 24 heavy (non-hydrogen) atoms. The number of furan rings is 1. The van der Waals surface area contributed by atoms with Crippen molar-refractivity contribution in [3.05, 3.63) is 42.7 Å². The Morgan fingerprint density at radius 1 is 1.12 bits per heavy atom. The van der Waals surface area contributed by atoms with E-state index in [-0.39, 0.29) is 0 Å². The fourth-order valence-electron chi connectivity index (χ4n) is 2.87. The molecule has 0 unspecified atom stereocenters. The zero-order valence-electron chi connectivity index (χ0n) is 13.6. The number of hydrogen-bond donors (Lipinski definition) is 0. The summed E-state index contributed by atoms with van der Waals surface area (Å²) in [6.45, 7) is 5.55. The normalized spacial score (nSPS) is 16.7. The summed E-state index contributed by atoms with van der Waals surface area (Å²) in [7, 11) is 2.03. The molecule has 8 heteroatoms. The van der Waals surface area contributed by atoms with E-state index in [9.17, 15) is 0 Å². The number of piperazine rings is 1. The van der Waals surface area contributed by atoms with Gasteiger partial charge in [-0.05, 0) is 6.07 Å². The molecule has 126 valence electrons. The zero-order chi connectivity index (χ0) is 16.4. The van der Waals surface area contributed by atoms with Gasteiger partial charge in [0.25, 0.3) is 0 Å². The van der Waals surface area contributed by atoms with Gasteiger partial charge in [0.1, 0.15) is 12.1 Å². The number of nitrogens with zero attached hydrogens (tertiary/aromatic N) is 6. The molecule has 1 fully saturated rings. The standard InChI is InChI=1S/C16H20N6O2/c1-20-4-3-17-14(20)10-21-5-7-22(8-6-21)11-15-18-16(19-24-15)13-2-9-23-12-13/h2-4,9,12H,5-8,10-11H2,1H3. The predicted molar refractivity (Wildman–Crippen MR) is 85.8 cm³/mol. The molecule has 0 amide bonds. The van der Waals surface area contributed by atoms with Crippen molar-refractivity contribution in [1.82, 2.24) is 29.5 Å². The van der Waals surface area contributed by atoms with E-state index in [4.69, 9.17) is 8.94 Å². The molecule has 1 aliphatic heterocycles. The van der Waals surface area contributed by atoms with Gasteiger partial charge in [0.15, 0.2) is 0 Å². The maximum absolute atomic E-state index is 5.35. The second-order valence-electron chi connectivity index (χ2n) is 6.03. The van der Waals surface area contributed by atoms with Crippen LogP contribution >= 0.6 is 0 Å². The monoisotopic (exact) mass is 328 g/mol. The van der Waals surface area contributed by atoms with Gasteiger partial charge in [-0.15, -0.1) is 0 Å². The first-order valence-electron chi connectivity index (χ1n) is 8.04. The van der Waals surface area contributed by atoms with Crippen molar-refractivity contribution in [2.45, 2.75) is 13.1 Å². The summed E-state index contributed by atoms with van der Waals surface area (Å²) in [6, 6.07) is 1.82. The first-order chi connectivity index (χ1) is 11.8. The minimum Gasteiger partial charge on any atom is -0.472 e. The molecule has 1 aliphatic rings. The molecule has 0 aliphatic carbocycles. The lowest BCUT2D eigenvalue weighted by atomic mass is 10.3. The summed E-state index contributed by atoms with van der Waals surface area (Å²) in [4.78, 5) is 13.6. The molecule has 4 heterocycles. The minimum atomic E-state index is 0.576. The maximum Gasteiger partial charge on any atom is 0.241 e. The highest BCUT2D eigenvalue weighted by molar-refractivity contribution is 5.51. The smallest absolute Gasteiger partial charge is 0.241 e. The molecule has 0 radical (unpaired) electrons. The number of rotatable bonds is 5. The van der Waals surface area contributed by atoms with E-state index in [0.717, 1.165) is 44.1 Å². The fourth-order valence-corrected chi connectivity index (χ4v) is 2.87. The van der Waals surface area contributed by atoms with Crippen LogP contribution in [-0.2, 0) is 20.1 Å². The number of aryl methyl sites for hydroxylation is 1. The number of aromatic nitrogens is 4. The van der Waals surface area contributed by atoms with Crippen molar-refractivity contribution >= 4 is 0 Å². The van der Waals surface area contributed by atoms with Gasteiger partial charge in [0.05, 0.1) is 24.9 Å². The van der Waals surface area contributed by atoms with Crippen LogP contribution in [0.2, 0.25) is 0 Å². The zero-order valence-corrected chi connectivity index (χ0v) is 13.6. The predicted octanol–water partition coefficient (Wildman–Crippen LogP) is 1.38. The molecule has 1 saturated heterocycles. The van der Waals surface area contributed by atoms with Crippen molar-refractivity contribution in [1.29, 1.82) is 0 Å². The van der Waals surface area contributed by atoms with Crippen molar-refractivity contribution in [3.63, 3.8) is 0 Å². The van der Waals surface area contributed by atoms with Crippen LogP contribution in [0.5, 0.6) is 0 Å². The minimum absolute atomic E-state index is 0.576. The highest BCUT2D eigenvalue weighted by atomic mass is 16.5. The summed E-state index contributed by atoms with van der Waals surface area (Å²) in [6.07, 6.45) is 7.05. The molecule has 0 saturated carbocycles. The lowest BCUT2D eigenvalue weighted by Gasteiger charge is -2.33. The first kappa shape index (κ1) is 15.1. The van der Waals surface area contributed by atoms with Crippen LogP contribution in [0.4, 0.5) is 0 Å². The second kappa shape index (κ2) is 6.58. The van der Waals surface area contributed by atoms with E-state index >= 15 is 0 Å². The first-order valence-corrected chi connectivity index (χ1v) is 8.04. The molecule has 4 rings (SSSR count). The van der Waals surface area contributed by atoms with Crippen molar-refractivity contribution < 1.29 is 8.94 Å². The van der Waals surface area contributed by atoms with Gasteiger partial charge in [-0.1, -0.05) is 5.16 Å². The third-order valence-electron chi connectivity index (χ3n) is 4.36. The molecule has 0 aromatic carbocycles. The quantitative estimate of drug-likeness (QED) is 0.700. The molecule has 3 aromatic heterocycles. The Balaban J connectivity index is 1.30. The van der Waals surface area contributed by atoms with Crippen LogP contribution in [0.1, 0.15) is 11.7 Å². The van der Waals surface area contributed by atoms with Crippen LogP contribution in [-0.4, -0.2) is 55.7 Å². The summed E-state index contributed by atoms with van der Waals surface area (Å²) in [5.74, 6) is 2.32. The largest absolute Gasteiger partial charge is 0.472 e. The van der Waals surface area contributed by atoms with Gasteiger partial charge in [-0.3, -0.25) is 9.80 Å². The molecular weight excluding hydrogens is 308 g/mol. The Kier molecular flexibility index (Phi) is 4.14. The summed E-state index contributed by atoms with van der Waals surface area (Å²) >= 11 is 0. The van der Waals surface area contributed by atoms with E-state index in [2.05, 4.69) is 29.5 Å². The Labute approximate surface area is 139 Å². The van der Waals surface area contributed by atoms with E-state index < -0.39 is 0 Å². The van der Waals surface area contributed by atoms with Gasteiger partial charge in [0, 0.05) is 45.6 Å². The van der Waals surface area contributed by atoms with Crippen LogP contribution < -0.4 is 0 Å². The Morgan fingerprint density at radius 3 is 2.58 bits per heavy atom. The maximum atomic E-state index is 5.35. The van der Waals surface area contributed by atoms with Gasteiger partial charge in [0.2, 0.25) is 11.7 Å². The lowest BCUT2D eigenvalue weighted by Crippen LogP contribution is -2.45. The van der Waals surface area contributed by atoms with Gasteiger partial charge in [-0.25, -0.2) is 4.98 Å². The SMILES string of the molecule is Cn1ccnc1CN1CCN(Cc2nc(-c3ccoc3)no2)CC1. The van der Waals surface area contributed by atoms with Crippen molar-refractivity contribution in [2.24, 2.45) is 7.05 Å². The van der Waals surface area contributed by atoms with Gasteiger partial charge >= 0.3 is 0 Å². The molecular formula is C16H20N6O2. The molecule has 0 spiro atoms. The van der Waals surface area contributed by atoms with Crippen molar-refractivity contribution in [2.75, 3.05) is 26.2 Å². The molecule has 0 bridgehead atoms. The van der Waals surface area contributed by atoms with Crippen LogP contribution in [0.25, 0.3) is 11.4 Å². The third-order valence-corrected chi connectivity index (χ3v) is 4.36. The number of imidazole rings is 1. The van der Waals surface area contributed by atoms with Crippen LogP contribution in [0.3, 0.4) is 0 Å².